The molecule has 0 spiro atoms. The Labute approximate surface area is 120 Å². The summed E-state index contributed by atoms with van der Waals surface area (Å²) in [7, 11) is 1.36. The van der Waals surface area contributed by atoms with Crippen molar-refractivity contribution >= 4 is 43.7 Å². The molecule has 6 nitrogen and oxygen atoms in total. The number of rotatable bonds is 5. The van der Waals surface area contributed by atoms with Crippen molar-refractivity contribution in [2.24, 2.45) is 0 Å². The molecule has 8 heteroatoms. The zero-order chi connectivity index (χ0) is 13.7. The van der Waals surface area contributed by atoms with Gasteiger partial charge >= 0.3 is 5.97 Å². The average Bonchev–Trinajstić information content (AvgIpc) is 2.27. The van der Waals surface area contributed by atoms with Gasteiger partial charge in [-0.15, -0.1) is 0 Å². The summed E-state index contributed by atoms with van der Waals surface area (Å²) in [5.41, 5.74) is 0.112. The minimum Gasteiger partial charge on any atom is -0.480 e. The minimum absolute atomic E-state index is 0.112. The second kappa shape index (κ2) is 6.81. The molecule has 0 fully saturated rings. The maximum Gasteiger partial charge on any atom is 0.328 e. The summed E-state index contributed by atoms with van der Waals surface area (Å²) in [4.78, 5) is 26.6. The van der Waals surface area contributed by atoms with Gasteiger partial charge in [0.05, 0.1) is 11.1 Å². The summed E-state index contributed by atoms with van der Waals surface area (Å²) >= 11 is 6.39. The molecule has 0 bridgehead atoms. The number of carboxylic acids is 1. The number of hydrogen-bond donors (Lipinski definition) is 2. The lowest BCUT2D eigenvalue weighted by atomic mass is 10.2. The fourth-order valence-electron chi connectivity index (χ4n) is 1.15. The molecule has 98 valence electrons. The maximum absolute atomic E-state index is 11.8. The van der Waals surface area contributed by atoms with Gasteiger partial charge in [0.1, 0.15) is 5.69 Å². The van der Waals surface area contributed by atoms with Crippen molar-refractivity contribution in [3.8, 4) is 0 Å². The highest BCUT2D eigenvalue weighted by molar-refractivity contribution is 9.11. The molecule has 1 aromatic rings. The van der Waals surface area contributed by atoms with Crippen molar-refractivity contribution < 1.29 is 19.4 Å². The van der Waals surface area contributed by atoms with Crippen LogP contribution in [0.3, 0.4) is 0 Å². The Bertz CT molecular complexity index is 467. The van der Waals surface area contributed by atoms with E-state index in [0.29, 0.717) is 8.95 Å². The molecule has 0 aliphatic heterocycles. The number of amides is 1. The van der Waals surface area contributed by atoms with Crippen molar-refractivity contribution in [2.45, 2.75) is 6.04 Å². The van der Waals surface area contributed by atoms with Gasteiger partial charge in [0, 0.05) is 17.8 Å². The van der Waals surface area contributed by atoms with Gasteiger partial charge in [0.2, 0.25) is 0 Å². The predicted molar refractivity (Wildman–Crippen MR) is 70.4 cm³/mol. The summed E-state index contributed by atoms with van der Waals surface area (Å²) in [5, 5.41) is 11.2. The highest BCUT2D eigenvalue weighted by Crippen LogP contribution is 2.19. The molecule has 1 rings (SSSR count). The number of ether oxygens (including phenoxy) is 1. The zero-order valence-corrected chi connectivity index (χ0v) is 12.5. The van der Waals surface area contributed by atoms with Gasteiger partial charge < -0.3 is 15.2 Å². The van der Waals surface area contributed by atoms with E-state index in [1.165, 1.54) is 13.3 Å². The predicted octanol–water partition coefficient (Wildman–Crippen LogP) is 1.44. The molecule has 2 N–H and O–H groups in total. The van der Waals surface area contributed by atoms with Crippen LogP contribution in [0.1, 0.15) is 10.5 Å². The van der Waals surface area contributed by atoms with Gasteiger partial charge in [-0.25, -0.2) is 9.78 Å². The Hall–Kier alpha value is -0.990. The van der Waals surface area contributed by atoms with Crippen LogP contribution in [0, 0.1) is 0 Å². The summed E-state index contributed by atoms with van der Waals surface area (Å²) in [6.45, 7) is -0.116. The van der Waals surface area contributed by atoms with Gasteiger partial charge in [-0.3, -0.25) is 4.79 Å². The van der Waals surface area contributed by atoms with Crippen molar-refractivity contribution in [3.63, 3.8) is 0 Å². The Morgan fingerprint density at radius 3 is 2.72 bits per heavy atom. The molecule has 18 heavy (non-hydrogen) atoms. The summed E-state index contributed by atoms with van der Waals surface area (Å²) in [5.74, 6) is -1.75. The molecule has 1 atom stereocenters. The normalized spacial score (nSPS) is 11.9. The van der Waals surface area contributed by atoms with Crippen LogP contribution in [0.5, 0.6) is 0 Å². The Morgan fingerprint density at radius 1 is 1.56 bits per heavy atom. The third-order valence-electron chi connectivity index (χ3n) is 1.96. The first-order valence-electron chi connectivity index (χ1n) is 4.79. The molecule has 1 unspecified atom stereocenters. The number of nitrogens with one attached hydrogen (secondary N) is 1. The van der Waals surface area contributed by atoms with E-state index in [9.17, 15) is 9.59 Å². The Balaban J connectivity index is 2.83. The molecular formula is C10H10Br2N2O4. The van der Waals surface area contributed by atoms with Crippen LogP contribution < -0.4 is 5.32 Å². The van der Waals surface area contributed by atoms with Crippen LogP contribution in [0.15, 0.2) is 21.2 Å². The summed E-state index contributed by atoms with van der Waals surface area (Å²) in [6, 6.07) is 0.536. The van der Waals surface area contributed by atoms with Crippen LogP contribution in [-0.4, -0.2) is 41.7 Å². The summed E-state index contributed by atoms with van der Waals surface area (Å²) < 4.78 is 5.89. The maximum atomic E-state index is 11.8. The Kier molecular flexibility index (Phi) is 5.70. The molecule has 0 aromatic carbocycles. The number of methoxy groups -OCH3 is 1. The number of hydrogen-bond acceptors (Lipinski definition) is 4. The first-order valence-corrected chi connectivity index (χ1v) is 6.38. The fourth-order valence-corrected chi connectivity index (χ4v) is 2.32. The number of carbonyl (C=O) groups is 2. The van der Waals surface area contributed by atoms with E-state index in [-0.39, 0.29) is 12.3 Å². The SMILES string of the molecule is COCC(NC(=O)c1ncc(Br)cc1Br)C(=O)O. The minimum atomic E-state index is -1.17. The first-order chi connectivity index (χ1) is 8.45. The lowest BCUT2D eigenvalue weighted by molar-refractivity contribution is -0.140. The standard InChI is InChI=1S/C10H10Br2N2O4/c1-18-4-7(10(16)17)14-9(15)8-6(12)2-5(11)3-13-8/h2-3,7H,4H2,1H3,(H,14,15)(H,16,17). The number of carbonyl (C=O) groups excluding carboxylic acids is 1. The van der Waals surface area contributed by atoms with Gasteiger partial charge in [0.25, 0.3) is 5.91 Å². The number of pyridine rings is 1. The highest BCUT2D eigenvalue weighted by atomic mass is 79.9. The third-order valence-corrected chi connectivity index (χ3v) is 3.00. The smallest absolute Gasteiger partial charge is 0.328 e. The number of halogens is 2. The van der Waals surface area contributed by atoms with E-state index in [4.69, 9.17) is 9.84 Å². The molecule has 1 heterocycles. The van der Waals surface area contributed by atoms with Crippen LogP contribution >= 0.6 is 31.9 Å². The topological polar surface area (TPSA) is 88.5 Å². The molecule has 0 aliphatic rings. The van der Waals surface area contributed by atoms with E-state index >= 15 is 0 Å². The van der Waals surface area contributed by atoms with Gasteiger partial charge in [0.15, 0.2) is 6.04 Å². The Morgan fingerprint density at radius 2 is 2.22 bits per heavy atom. The number of aliphatic carboxylic acids is 1. The van der Waals surface area contributed by atoms with Crippen molar-refractivity contribution in [1.29, 1.82) is 0 Å². The van der Waals surface area contributed by atoms with Crippen LogP contribution in [0.25, 0.3) is 0 Å². The van der Waals surface area contributed by atoms with Gasteiger partial charge in [-0.1, -0.05) is 0 Å². The quantitative estimate of drug-likeness (QED) is 0.805. The van der Waals surface area contributed by atoms with E-state index in [0.717, 1.165) is 0 Å². The molecule has 0 saturated carbocycles. The second-order valence-electron chi connectivity index (χ2n) is 3.30. The van der Waals surface area contributed by atoms with E-state index in [1.54, 1.807) is 6.07 Å². The molecule has 1 amide bonds. The fraction of sp³-hybridized carbons (Fsp3) is 0.300. The van der Waals surface area contributed by atoms with Crippen LogP contribution in [0.4, 0.5) is 0 Å². The third kappa shape index (κ3) is 4.04. The highest BCUT2D eigenvalue weighted by Gasteiger charge is 2.22. The molecule has 0 saturated heterocycles. The van der Waals surface area contributed by atoms with E-state index in [2.05, 4.69) is 42.2 Å². The lowest BCUT2D eigenvalue weighted by Gasteiger charge is -2.13. The van der Waals surface area contributed by atoms with Crippen LogP contribution in [-0.2, 0) is 9.53 Å². The monoisotopic (exact) mass is 380 g/mol. The first kappa shape index (κ1) is 15.1. The number of carboxylic acid groups (broad SMARTS) is 1. The van der Waals surface area contributed by atoms with E-state index in [1.807, 2.05) is 0 Å². The van der Waals surface area contributed by atoms with Crippen molar-refractivity contribution in [2.75, 3.05) is 13.7 Å². The van der Waals surface area contributed by atoms with Crippen molar-refractivity contribution in [3.05, 3.63) is 26.9 Å². The molecule has 0 radical (unpaired) electrons. The number of nitrogens with zero attached hydrogens (tertiary/aromatic N) is 1. The second-order valence-corrected chi connectivity index (χ2v) is 5.07. The number of aromatic nitrogens is 1. The largest absolute Gasteiger partial charge is 0.480 e. The molecule has 0 aliphatic carbocycles. The average molecular weight is 382 g/mol. The molecule has 1 aromatic heterocycles. The lowest BCUT2D eigenvalue weighted by Crippen LogP contribution is -2.44. The van der Waals surface area contributed by atoms with Crippen molar-refractivity contribution in [1.82, 2.24) is 10.3 Å². The van der Waals surface area contributed by atoms with E-state index < -0.39 is 17.9 Å². The zero-order valence-electron chi connectivity index (χ0n) is 9.31. The molecular weight excluding hydrogens is 372 g/mol. The van der Waals surface area contributed by atoms with Gasteiger partial charge in [-0.05, 0) is 37.9 Å². The summed E-state index contributed by atoms with van der Waals surface area (Å²) in [6.07, 6.45) is 1.45. The van der Waals surface area contributed by atoms with Crippen LogP contribution in [0.2, 0.25) is 0 Å². The van der Waals surface area contributed by atoms with Gasteiger partial charge in [-0.2, -0.15) is 0 Å².